The van der Waals surface area contributed by atoms with Crippen LogP contribution in [0.5, 0.6) is 0 Å². The lowest BCUT2D eigenvalue weighted by molar-refractivity contribution is 0.868. The number of aromatic nitrogens is 2. The van der Waals surface area contributed by atoms with Crippen LogP contribution in [0.25, 0.3) is 0 Å². The van der Waals surface area contributed by atoms with Crippen molar-refractivity contribution < 1.29 is 0 Å². The van der Waals surface area contributed by atoms with Gasteiger partial charge < -0.3 is 0 Å². The third-order valence-electron chi connectivity index (χ3n) is 2.77. The zero-order valence-corrected chi connectivity index (χ0v) is 11.2. The van der Waals surface area contributed by atoms with Crippen LogP contribution in [-0.2, 0) is 6.42 Å². The maximum atomic E-state index is 4.24. The Labute approximate surface area is 106 Å². The van der Waals surface area contributed by atoms with Crippen LogP contribution >= 0.6 is 11.8 Å². The van der Waals surface area contributed by atoms with Crippen LogP contribution in [0.2, 0.25) is 0 Å². The van der Waals surface area contributed by atoms with E-state index in [1.807, 2.05) is 12.3 Å². The average molecular weight is 244 g/mol. The van der Waals surface area contributed by atoms with E-state index in [2.05, 4.69) is 48.3 Å². The molecule has 0 saturated carbocycles. The molecule has 17 heavy (non-hydrogen) atoms. The van der Waals surface area contributed by atoms with Gasteiger partial charge in [0.15, 0.2) is 0 Å². The molecule has 0 aliphatic heterocycles. The van der Waals surface area contributed by atoms with Gasteiger partial charge in [-0.1, -0.05) is 23.8 Å². The molecule has 1 aromatic heterocycles. The molecule has 0 unspecified atom stereocenters. The first-order valence-corrected chi connectivity index (χ1v) is 6.84. The second kappa shape index (κ2) is 5.32. The van der Waals surface area contributed by atoms with Crippen LogP contribution < -0.4 is 0 Å². The molecule has 0 amide bonds. The summed E-state index contributed by atoms with van der Waals surface area (Å²) in [6.07, 6.45) is 2.86. The summed E-state index contributed by atoms with van der Waals surface area (Å²) in [5, 5.41) is 9.36. The first-order valence-electron chi connectivity index (χ1n) is 5.62. The van der Waals surface area contributed by atoms with E-state index >= 15 is 0 Å². The Morgan fingerprint density at radius 1 is 1.06 bits per heavy atom. The minimum atomic E-state index is 0.855. The van der Waals surface area contributed by atoms with Crippen molar-refractivity contribution in [3.8, 4) is 0 Å². The van der Waals surface area contributed by atoms with Crippen LogP contribution in [0.15, 0.2) is 35.4 Å². The Morgan fingerprint density at radius 3 is 2.47 bits per heavy atom. The maximum Gasteiger partial charge on any atom is 0.119 e. The van der Waals surface area contributed by atoms with Gasteiger partial charge in [0.05, 0.1) is 5.69 Å². The van der Waals surface area contributed by atoms with E-state index in [1.54, 1.807) is 11.8 Å². The topological polar surface area (TPSA) is 25.8 Å². The highest BCUT2D eigenvalue weighted by molar-refractivity contribution is 7.98. The molecule has 0 saturated heterocycles. The summed E-state index contributed by atoms with van der Waals surface area (Å²) in [5.74, 6) is 0. The van der Waals surface area contributed by atoms with Crippen LogP contribution in [0.3, 0.4) is 0 Å². The zero-order valence-electron chi connectivity index (χ0n) is 10.4. The van der Waals surface area contributed by atoms with E-state index in [9.17, 15) is 0 Å². The van der Waals surface area contributed by atoms with Crippen molar-refractivity contribution in [2.45, 2.75) is 25.3 Å². The molecule has 1 aromatic carbocycles. The van der Waals surface area contributed by atoms with Crippen LogP contribution in [0, 0.1) is 13.8 Å². The number of hydrogen-bond acceptors (Lipinski definition) is 3. The molecular weight excluding hydrogens is 228 g/mol. The van der Waals surface area contributed by atoms with Crippen molar-refractivity contribution >= 4 is 11.8 Å². The molecule has 0 spiro atoms. The van der Waals surface area contributed by atoms with Crippen molar-refractivity contribution in [2.24, 2.45) is 0 Å². The summed E-state index contributed by atoms with van der Waals surface area (Å²) in [5.41, 5.74) is 4.97. The van der Waals surface area contributed by atoms with Gasteiger partial charge in [0.2, 0.25) is 0 Å². The molecule has 0 aliphatic rings. The number of aryl methyl sites for hydroxylation is 2. The number of thioether (sulfide) groups is 1. The predicted molar refractivity (Wildman–Crippen MR) is 72.5 cm³/mol. The zero-order chi connectivity index (χ0) is 12.3. The van der Waals surface area contributed by atoms with E-state index in [4.69, 9.17) is 0 Å². The Hall–Kier alpha value is -1.35. The van der Waals surface area contributed by atoms with Crippen LogP contribution in [0.4, 0.5) is 0 Å². The first-order chi connectivity index (χ1) is 8.19. The van der Waals surface area contributed by atoms with E-state index < -0.39 is 0 Å². The first kappa shape index (κ1) is 12.1. The summed E-state index contributed by atoms with van der Waals surface area (Å²) in [4.78, 5) is 0. The van der Waals surface area contributed by atoms with Gasteiger partial charge in [-0.3, -0.25) is 0 Å². The van der Waals surface area contributed by atoms with E-state index in [0.29, 0.717) is 0 Å². The lowest BCUT2D eigenvalue weighted by Gasteiger charge is -2.06. The number of nitrogens with zero attached hydrogens (tertiary/aromatic N) is 2. The molecule has 0 bridgehead atoms. The van der Waals surface area contributed by atoms with Crippen molar-refractivity contribution in [1.29, 1.82) is 0 Å². The van der Waals surface area contributed by atoms with Gasteiger partial charge in [0.1, 0.15) is 5.03 Å². The van der Waals surface area contributed by atoms with E-state index in [0.717, 1.165) is 17.1 Å². The average Bonchev–Trinajstić information content (AvgIpc) is 2.34. The molecule has 2 nitrogen and oxygen atoms in total. The molecule has 0 N–H and O–H groups in total. The molecule has 2 rings (SSSR count). The SMILES string of the molecule is CSc1ccc(Cc2ccc(C)cc2C)nn1. The lowest BCUT2D eigenvalue weighted by Crippen LogP contribution is -1.97. The maximum absolute atomic E-state index is 4.24. The van der Waals surface area contributed by atoms with Gasteiger partial charge in [-0.05, 0) is 43.4 Å². The third-order valence-corrected chi connectivity index (χ3v) is 3.41. The van der Waals surface area contributed by atoms with Gasteiger partial charge in [0, 0.05) is 6.42 Å². The van der Waals surface area contributed by atoms with Crippen molar-refractivity contribution in [3.05, 3.63) is 52.7 Å². The van der Waals surface area contributed by atoms with Gasteiger partial charge in [-0.15, -0.1) is 16.9 Å². The Balaban J connectivity index is 2.19. The number of rotatable bonds is 3. The Kier molecular flexibility index (Phi) is 3.79. The van der Waals surface area contributed by atoms with E-state index in [1.165, 1.54) is 16.7 Å². The fraction of sp³-hybridized carbons (Fsp3) is 0.286. The largest absolute Gasteiger partial charge is 0.154 e. The quantitative estimate of drug-likeness (QED) is 0.774. The third kappa shape index (κ3) is 3.07. The molecule has 1 heterocycles. The van der Waals surface area contributed by atoms with Crippen molar-refractivity contribution in [2.75, 3.05) is 6.26 Å². The van der Waals surface area contributed by atoms with Crippen LogP contribution in [-0.4, -0.2) is 16.5 Å². The summed E-state index contributed by atoms with van der Waals surface area (Å²) < 4.78 is 0. The summed E-state index contributed by atoms with van der Waals surface area (Å²) in [6, 6.07) is 10.6. The molecule has 0 aliphatic carbocycles. The van der Waals surface area contributed by atoms with E-state index in [-0.39, 0.29) is 0 Å². The van der Waals surface area contributed by atoms with Gasteiger partial charge in [-0.2, -0.15) is 5.10 Å². The molecule has 88 valence electrons. The molecule has 0 fully saturated rings. The molecule has 0 atom stereocenters. The molecule has 2 aromatic rings. The fourth-order valence-electron chi connectivity index (χ4n) is 1.79. The minimum Gasteiger partial charge on any atom is -0.154 e. The van der Waals surface area contributed by atoms with Crippen LogP contribution in [0.1, 0.15) is 22.4 Å². The van der Waals surface area contributed by atoms with Gasteiger partial charge in [-0.25, -0.2) is 0 Å². The van der Waals surface area contributed by atoms with Gasteiger partial charge in [0.25, 0.3) is 0 Å². The highest BCUT2D eigenvalue weighted by Crippen LogP contribution is 2.15. The molecule has 3 heteroatoms. The monoisotopic (exact) mass is 244 g/mol. The standard InChI is InChI=1S/C14H16N2S/c1-10-4-5-12(11(2)8-10)9-13-6-7-14(17-3)16-15-13/h4-8H,9H2,1-3H3. The van der Waals surface area contributed by atoms with Crippen molar-refractivity contribution in [3.63, 3.8) is 0 Å². The second-order valence-corrected chi connectivity index (χ2v) is 5.00. The second-order valence-electron chi connectivity index (χ2n) is 4.17. The lowest BCUT2D eigenvalue weighted by atomic mass is 10.0. The highest BCUT2D eigenvalue weighted by Gasteiger charge is 2.02. The van der Waals surface area contributed by atoms with Gasteiger partial charge >= 0.3 is 0 Å². The predicted octanol–water partition coefficient (Wildman–Crippen LogP) is 3.41. The normalized spacial score (nSPS) is 10.5. The highest BCUT2D eigenvalue weighted by atomic mass is 32.2. The molecule has 0 radical (unpaired) electrons. The Morgan fingerprint density at radius 2 is 1.88 bits per heavy atom. The Bertz CT molecular complexity index is 506. The fourth-order valence-corrected chi connectivity index (χ4v) is 2.12. The number of hydrogen-bond donors (Lipinski definition) is 0. The smallest absolute Gasteiger partial charge is 0.119 e. The summed E-state index contributed by atoms with van der Waals surface area (Å²) in [7, 11) is 0. The van der Waals surface area contributed by atoms with Crippen molar-refractivity contribution in [1.82, 2.24) is 10.2 Å². The molecular formula is C14H16N2S. The summed E-state index contributed by atoms with van der Waals surface area (Å²) in [6.45, 7) is 4.26. The number of benzene rings is 1. The minimum absolute atomic E-state index is 0.855. The summed E-state index contributed by atoms with van der Waals surface area (Å²) >= 11 is 1.62.